The van der Waals surface area contributed by atoms with Crippen LogP contribution in [-0.4, -0.2) is 37.7 Å². The van der Waals surface area contributed by atoms with Gasteiger partial charge in [0.05, 0.1) is 6.10 Å². The largest absolute Gasteiger partial charge is 0.490 e. The average molecular weight is 262 g/mol. The Morgan fingerprint density at radius 2 is 1.79 bits per heavy atom. The van der Waals surface area contributed by atoms with Crippen LogP contribution < -0.4 is 10.1 Å². The molecule has 1 aliphatic carbocycles. The summed E-state index contributed by atoms with van der Waals surface area (Å²) in [5.41, 5.74) is 1.34. The fraction of sp³-hybridized carbons (Fsp3) is 0.625. The lowest BCUT2D eigenvalue weighted by Gasteiger charge is -2.40. The summed E-state index contributed by atoms with van der Waals surface area (Å²) in [5, 5.41) is 3.43. The van der Waals surface area contributed by atoms with Gasteiger partial charge in [0.25, 0.3) is 0 Å². The topological polar surface area (TPSA) is 24.5 Å². The second kappa shape index (κ2) is 5.51. The summed E-state index contributed by atoms with van der Waals surface area (Å²) in [7, 11) is 6.26. The van der Waals surface area contributed by atoms with Gasteiger partial charge in [0.2, 0.25) is 0 Å². The molecular formula is C16H26N2O. The van der Waals surface area contributed by atoms with Gasteiger partial charge in [0.15, 0.2) is 0 Å². The number of hydrogen-bond acceptors (Lipinski definition) is 3. The van der Waals surface area contributed by atoms with E-state index in [0.29, 0.717) is 6.10 Å². The van der Waals surface area contributed by atoms with Gasteiger partial charge >= 0.3 is 0 Å². The molecule has 1 fully saturated rings. The highest BCUT2D eigenvalue weighted by molar-refractivity contribution is 5.31. The van der Waals surface area contributed by atoms with E-state index in [1.807, 2.05) is 7.05 Å². The monoisotopic (exact) mass is 262 g/mol. The molecule has 1 saturated carbocycles. The van der Waals surface area contributed by atoms with Crippen molar-refractivity contribution in [2.45, 2.75) is 44.4 Å². The smallest absolute Gasteiger partial charge is 0.119 e. The summed E-state index contributed by atoms with van der Waals surface area (Å²) in [4.78, 5) is 2.25. The second-order valence-electron chi connectivity index (χ2n) is 6.16. The van der Waals surface area contributed by atoms with Crippen molar-refractivity contribution in [1.82, 2.24) is 10.2 Å². The Bertz CT molecular complexity index is 407. The van der Waals surface area contributed by atoms with E-state index in [-0.39, 0.29) is 11.6 Å². The maximum absolute atomic E-state index is 5.80. The highest BCUT2D eigenvalue weighted by Crippen LogP contribution is 2.31. The van der Waals surface area contributed by atoms with Crippen molar-refractivity contribution in [3.8, 4) is 5.75 Å². The van der Waals surface area contributed by atoms with Crippen LogP contribution >= 0.6 is 0 Å². The maximum atomic E-state index is 5.80. The van der Waals surface area contributed by atoms with Gasteiger partial charge in [-0.15, -0.1) is 0 Å². The third-order valence-corrected chi connectivity index (χ3v) is 4.19. The quantitative estimate of drug-likeness (QED) is 0.853. The van der Waals surface area contributed by atoms with E-state index < -0.39 is 0 Å². The van der Waals surface area contributed by atoms with Gasteiger partial charge in [0.1, 0.15) is 5.75 Å². The summed E-state index contributed by atoms with van der Waals surface area (Å²) in [6, 6.07) is 8.80. The fourth-order valence-electron chi connectivity index (χ4n) is 2.30. The Labute approximate surface area is 116 Å². The van der Waals surface area contributed by atoms with E-state index in [2.05, 4.69) is 62.4 Å². The highest BCUT2D eigenvalue weighted by atomic mass is 16.5. The predicted molar refractivity (Wildman–Crippen MR) is 79.7 cm³/mol. The molecular weight excluding hydrogens is 236 g/mol. The van der Waals surface area contributed by atoms with Crippen molar-refractivity contribution in [3.05, 3.63) is 29.8 Å². The zero-order valence-corrected chi connectivity index (χ0v) is 12.7. The van der Waals surface area contributed by atoms with Crippen LogP contribution in [0.15, 0.2) is 24.3 Å². The standard InChI is InChI=1S/C16H26N2O/c1-16(2,18(4)5)15(17-3)12-6-8-13(9-7-12)19-14-10-11-14/h6-9,14-15,17H,10-11H2,1-5H3. The van der Waals surface area contributed by atoms with Crippen LogP contribution in [0.5, 0.6) is 5.75 Å². The normalized spacial score (nSPS) is 17.6. The Morgan fingerprint density at radius 3 is 2.21 bits per heavy atom. The fourth-order valence-corrected chi connectivity index (χ4v) is 2.30. The first-order valence-electron chi connectivity index (χ1n) is 7.06. The van der Waals surface area contributed by atoms with Crippen molar-refractivity contribution in [2.24, 2.45) is 0 Å². The van der Waals surface area contributed by atoms with E-state index in [9.17, 15) is 0 Å². The molecule has 2 rings (SSSR count). The molecule has 3 nitrogen and oxygen atoms in total. The van der Waals surface area contributed by atoms with Crippen molar-refractivity contribution in [2.75, 3.05) is 21.1 Å². The Hall–Kier alpha value is -1.06. The van der Waals surface area contributed by atoms with Crippen molar-refractivity contribution in [3.63, 3.8) is 0 Å². The minimum atomic E-state index is 0.0492. The summed E-state index contributed by atoms with van der Waals surface area (Å²) in [6.45, 7) is 4.51. The van der Waals surface area contributed by atoms with E-state index in [1.165, 1.54) is 18.4 Å². The lowest BCUT2D eigenvalue weighted by molar-refractivity contribution is 0.142. The zero-order valence-electron chi connectivity index (χ0n) is 12.7. The molecule has 19 heavy (non-hydrogen) atoms. The van der Waals surface area contributed by atoms with Crippen LogP contribution in [0.3, 0.4) is 0 Å². The van der Waals surface area contributed by atoms with Crippen LogP contribution in [0.4, 0.5) is 0 Å². The number of ether oxygens (including phenoxy) is 1. The number of likely N-dealkylation sites (N-methyl/N-ethyl adjacent to an activating group) is 2. The zero-order chi connectivity index (χ0) is 14.0. The number of nitrogens with one attached hydrogen (secondary N) is 1. The Balaban J connectivity index is 2.13. The van der Waals surface area contributed by atoms with Crippen LogP contribution in [0.2, 0.25) is 0 Å². The van der Waals surface area contributed by atoms with Gasteiger partial charge in [-0.3, -0.25) is 0 Å². The first-order chi connectivity index (χ1) is 8.95. The van der Waals surface area contributed by atoms with Gasteiger partial charge in [0, 0.05) is 11.6 Å². The molecule has 0 saturated heterocycles. The average Bonchev–Trinajstić information content (AvgIpc) is 3.15. The molecule has 1 aromatic carbocycles. The summed E-state index contributed by atoms with van der Waals surface area (Å²) < 4.78 is 5.80. The van der Waals surface area contributed by atoms with Crippen LogP contribution in [0.1, 0.15) is 38.3 Å². The Morgan fingerprint density at radius 1 is 1.21 bits per heavy atom. The molecule has 0 aromatic heterocycles. The predicted octanol–water partition coefficient (Wildman–Crippen LogP) is 2.83. The van der Waals surface area contributed by atoms with Crippen molar-refractivity contribution >= 4 is 0 Å². The molecule has 0 amide bonds. The first-order valence-corrected chi connectivity index (χ1v) is 7.06. The number of benzene rings is 1. The van der Waals surface area contributed by atoms with E-state index in [1.54, 1.807) is 0 Å². The van der Waals surface area contributed by atoms with E-state index in [4.69, 9.17) is 4.74 Å². The molecule has 0 heterocycles. The van der Waals surface area contributed by atoms with Crippen LogP contribution in [-0.2, 0) is 0 Å². The Kier molecular flexibility index (Phi) is 4.16. The molecule has 0 bridgehead atoms. The summed E-state index contributed by atoms with van der Waals surface area (Å²) >= 11 is 0. The molecule has 0 spiro atoms. The molecule has 3 heteroatoms. The van der Waals surface area contributed by atoms with Gasteiger partial charge in [-0.2, -0.15) is 0 Å². The van der Waals surface area contributed by atoms with E-state index >= 15 is 0 Å². The molecule has 1 atom stereocenters. The number of hydrogen-bond donors (Lipinski definition) is 1. The highest BCUT2D eigenvalue weighted by Gasteiger charge is 2.31. The van der Waals surface area contributed by atoms with Crippen molar-refractivity contribution in [1.29, 1.82) is 0 Å². The minimum Gasteiger partial charge on any atom is -0.490 e. The van der Waals surface area contributed by atoms with Crippen LogP contribution in [0.25, 0.3) is 0 Å². The van der Waals surface area contributed by atoms with Gasteiger partial charge in [-0.1, -0.05) is 12.1 Å². The first kappa shape index (κ1) is 14.4. The third-order valence-electron chi connectivity index (χ3n) is 4.19. The second-order valence-corrected chi connectivity index (χ2v) is 6.16. The molecule has 1 aliphatic rings. The van der Waals surface area contributed by atoms with Gasteiger partial charge in [-0.05, 0) is 65.5 Å². The summed E-state index contributed by atoms with van der Waals surface area (Å²) in [6.07, 6.45) is 2.87. The molecule has 0 radical (unpaired) electrons. The molecule has 1 unspecified atom stereocenters. The number of nitrogens with zero attached hydrogens (tertiary/aromatic N) is 1. The lowest BCUT2D eigenvalue weighted by Crippen LogP contribution is -2.48. The van der Waals surface area contributed by atoms with Crippen molar-refractivity contribution < 1.29 is 4.74 Å². The molecule has 106 valence electrons. The molecule has 1 N–H and O–H groups in total. The summed E-state index contributed by atoms with van der Waals surface area (Å²) in [5.74, 6) is 0.990. The SMILES string of the molecule is CNC(c1ccc(OC2CC2)cc1)C(C)(C)N(C)C. The van der Waals surface area contributed by atoms with E-state index in [0.717, 1.165) is 5.75 Å². The lowest BCUT2D eigenvalue weighted by atomic mass is 9.87. The molecule has 0 aliphatic heterocycles. The number of rotatable bonds is 6. The van der Waals surface area contributed by atoms with Crippen LogP contribution in [0, 0.1) is 0 Å². The minimum absolute atomic E-state index is 0.0492. The van der Waals surface area contributed by atoms with Gasteiger partial charge in [-0.25, -0.2) is 0 Å². The maximum Gasteiger partial charge on any atom is 0.119 e. The van der Waals surface area contributed by atoms with Gasteiger partial charge < -0.3 is 15.0 Å². The third kappa shape index (κ3) is 3.28. The molecule has 1 aromatic rings.